The van der Waals surface area contributed by atoms with Crippen molar-refractivity contribution < 1.29 is 19.4 Å². The van der Waals surface area contributed by atoms with E-state index in [4.69, 9.17) is 9.84 Å². The van der Waals surface area contributed by atoms with Crippen molar-refractivity contribution in [3.8, 4) is 5.75 Å². The van der Waals surface area contributed by atoms with Gasteiger partial charge in [0.2, 0.25) is 5.91 Å². The van der Waals surface area contributed by atoms with E-state index in [1.165, 1.54) is 6.33 Å². The summed E-state index contributed by atoms with van der Waals surface area (Å²) in [5, 5.41) is 15.3. The van der Waals surface area contributed by atoms with Gasteiger partial charge in [-0.2, -0.15) is 5.10 Å². The summed E-state index contributed by atoms with van der Waals surface area (Å²) < 4.78 is 6.66. The highest BCUT2D eigenvalue weighted by Crippen LogP contribution is 2.13. The Labute approximate surface area is 126 Å². The number of benzene rings is 1. The number of aryl methyl sites for hydroxylation is 1. The molecule has 0 saturated heterocycles. The Morgan fingerprint density at radius 2 is 2.23 bits per heavy atom. The molecule has 0 bridgehead atoms. The zero-order valence-corrected chi connectivity index (χ0v) is 11.8. The number of hydrogen-bond acceptors (Lipinski definition) is 5. The van der Waals surface area contributed by atoms with Crippen LogP contribution in [0.3, 0.4) is 0 Å². The van der Waals surface area contributed by atoms with Gasteiger partial charge in [-0.15, -0.1) is 0 Å². The Kier molecular flexibility index (Phi) is 5.47. The molecule has 0 saturated carbocycles. The predicted octanol–water partition coefficient (Wildman–Crippen LogP) is 0.448. The number of nitrogens with zero attached hydrogens (tertiary/aromatic N) is 3. The zero-order chi connectivity index (χ0) is 15.8. The monoisotopic (exact) mass is 304 g/mol. The molecule has 0 unspecified atom stereocenters. The minimum atomic E-state index is -1.04. The molecule has 8 heteroatoms. The molecule has 0 aliphatic carbocycles. The topological polar surface area (TPSA) is 106 Å². The molecule has 0 spiro atoms. The van der Waals surface area contributed by atoms with Gasteiger partial charge < -0.3 is 15.2 Å². The first-order valence-corrected chi connectivity index (χ1v) is 6.66. The third-order valence-corrected chi connectivity index (χ3v) is 2.78. The van der Waals surface area contributed by atoms with Gasteiger partial charge in [-0.25, -0.2) is 9.78 Å². The van der Waals surface area contributed by atoms with Crippen LogP contribution in [0, 0.1) is 0 Å². The van der Waals surface area contributed by atoms with E-state index in [-0.39, 0.29) is 5.91 Å². The van der Waals surface area contributed by atoms with Crippen molar-refractivity contribution in [1.82, 2.24) is 20.1 Å². The number of aliphatic carboxylic acids is 1. The maximum atomic E-state index is 11.7. The Bertz CT molecular complexity index is 628. The van der Waals surface area contributed by atoms with Gasteiger partial charge in [-0.3, -0.25) is 9.48 Å². The van der Waals surface area contributed by atoms with Crippen molar-refractivity contribution in [1.29, 1.82) is 0 Å². The van der Waals surface area contributed by atoms with Gasteiger partial charge in [-0.05, 0) is 17.7 Å². The molecular formula is C14H16N4O4. The molecule has 2 N–H and O–H groups in total. The average molecular weight is 304 g/mol. The van der Waals surface area contributed by atoms with Crippen LogP contribution in [0.1, 0.15) is 12.0 Å². The van der Waals surface area contributed by atoms with Crippen LogP contribution in [-0.4, -0.2) is 38.4 Å². The summed E-state index contributed by atoms with van der Waals surface area (Å²) in [6, 6.07) is 6.93. The number of carbonyl (C=O) groups is 2. The second kappa shape index (κ2) is 7.77. The van der Waals surface area contributed by atoms with Gasteiger partial charge in [-0.1, -0.05) is 12.1 Å². The van der Waals surface area contributed by atoms with Gasteiger partial charge in [0, 0.05) is 13.0 Å². The van der Waals surface area contributed by atoms with Gasteiger partial charge in [0.25, 0.3) is 0 Å². The molecule has 1 heterocycles. The molecule has 0 radical (unpaired) electrons. The summed E-state index contributed by atoms with van der Waals surface area (Å²) in [5.41, 5.74) is 0.831. The van der Waals surface area contributed by atoms with Crippen molar-refractivity contribution >= 4 is 11.9 Å². The van der Waals surface area contributed by atoms with E-state index >= 15 is 0 Å². The molecule has 2 aromatic rings. The Balaban J connectivity index is 1.76. The third-order valence-electron chi connectivity index (χ3n) is 2.78. The molecule has 1 aromatic carbocycles. The van der Waals surface area contributed by atoms with Gasteiger partial charge >= 0.3 is 5.97 Å². The molecule has 8 nitrogen and oxygen atoms in total. The SMILES string of the molecule is O=C(O)COc1cccc(CNC(=O)CCn2cncn2)c1. The third kappa shape index (κ3) is 5.23. The van der Waals surface area contributed by atoms with E-state index in [0.717, 1.165) is 5.56 Å². The quantitative estimate of drug-likeness (QED) is 0.733. The maximum absolute atomic E-state index is 11.7. The van der Waals surface area contributed by atoms with Crippen LogP contribution in [-0.2, 0) is 22.7 Å². The summed E-state index contributed by atoms with van der Waals surface area (Å²) in [5.74, 6) is -0.684. The first-order valence-electron chi connectivity index (χ1n) is 6.66. The fourth-order valence-corrected chi connectivity index (χ4v) is 1.74. The van der Waals surface area contributed by atoms with E-state index in [1.54, 1.807) is 29.2 Å². The lowest BCUT2D eigenvalue weighted by Gasteiger charge is -2.08. The Morgan fingerprint density at radius 1 is 1.36 bits per heavy atom. The largest absolute Gasteiger partial charge is 0.482 e. The molecule has 0 atom stereocenters. The van der Waals surface area contributed by atoms with Crippen LogP contribution in [0.2, 0.25) is 0 Å². The van der Waals surface area contributed by atoms with Crippen LogP contribution >= 0.6 is 0 Å². The van der Waals surface area contributed by atoms with Crippen molar-refractivity contribution in [2.75, 3.05) is 6.61 Å². The van der Waals surface area contributed by atoms with Crippen LogP contribution in [0.4, 0.5) is 0 Å². The lowest BCUT2D eigenvalue weighted by molar-refractivity contribution is -0.139. The smallest absolute Gasteiger partial charge is 0.341 e. The first-order chi connectivity index (χ1) is 10.6. The molecule has 116 valence electrons. The minimum Gasteiger partial charge on any atom is -0.482 e. The number of aromatic nitrogens is 3. The number of ether oxygens (including phenoxy) is 1. The fourth-order valence-electron chi connectivity index (χ4n) is 1.74. The summed E-state index contributed by atoms with van der Waals surface area (Å²) >= 11 is 0. The highest BCUT2D eigenvalue weighted by atomic mass is 16.5. The first kappa shape index (κ1) is 15.5. The van der Waals surface area contributed by atoms with E-state index in [9.17, 15) is 9.59 Å². The molecule has 1 aromatic heterocycles. The van der Waals surface area contributed by atoms with E-state index in [0.29, 0.717) is 25.3 Å². The second-order valence-electron chi connectivity index (χ2n) is 4.52. The summed E-state index contributed by atoms with van der Waals surface area (Å²) in [6.07, 6.45) is 3.27. The normalized spacial score (nSPS) is 10.2. The standard InChI is InChI=1S/C14H16N4O4/c19-13(4-5-18-10-15-9-17-18)16-7-11-2-1-3-12(6-11)22-8-14(20)21/h1-3,6,9-10H,4-5,7-8H2,(H,16,19)(H,20,21). The Hall–Kier alpha value is -2.90. The van der Waals surface area contributed by atoms with Crippen LogP contribution in [0.25, 0.3) is 0 Å². The zero-order valence-electron chi connectivity index (χ0n) is 11.8. The summed E-state index contributed by atoms with van der Waals surface area (Å²) in [7, 11) is 0. The molecule has 0 aliphatic heterocycles. The number of nitrogens with one attached hydrogen (secondary N) is 1. The minimum absolute atomic E-state index is 0.104. The van der Waals surface area contributed by atoms with Crippen LogP contribution < -0.4 is 10.1 Å². The predicted molar refractivity (Wildman–Crippen MR) is 76.1 cm³/mol. The van der Waals surface area contributed by atoms with Crippen molar-refractivity contribution in [2.45, 2.75) is 19.5 Å². The molecule has 1 amide bonds. The molecular weight excluding hydrogens is 288 g/mol. The van der Waals surface area contributed by atoms with E-state index in [2.05, 4.69) is 15.4 Å². The van der Waals surface area contributed by atoms with Crippen LogP contribution in [0.5, 0.6) is 5.75 Å². The lowest BCUT2D eigenvalue weighted by atomic mass is 10.2. The second-order valence-corrected chi connectivity index (χ2v) is 4.52. The summed E-state index contributed by atoms with van der Waals surface area (Å²) in [4.78, 5) is 26.0. The molecule has 0 aliphatic rings. The van der Waals surface area contributed by atoms with Gasteiger partial charge in [0.1, 0.15) is 18.4 Å². The molecule has 22 heavy (non-hydrogen) atoms. The Morgan fingerprint density at radius 3 is 2.95 bits per heavy atom. The number of carboxylic acids is 1. The number of carboxylic acid groups (broad SMARTS) is 1. The van der Waals surface area contributed by atoms with Gasteiger partial charge in [0.15, 0.2) is 6.61 Å². The van der Waals surface area contributed by atoms with E-state index in [1.807, 2.05) is 6.07 Å². The average Bonchev–Trinajstić information content (AvgIpc) is 3.03. The number of hydrogen-bond donors (Lipinski definition) is 2. The van der Waals surface area contributed by atoms with E-state index < -0.39 is 12.6 Å². The van der Waals surface area contributed by atoms with Crippen molar-refractivity contribution in [3.05, 3.63) is 42.5 Å². The van der Waals surface area contributed by atoms with Crippen molar-refractivity contribution in [2.24, 2.45) is 0 Å². The van der Waals surface area contributed by atoms with Crippen LogP contribution in [0.15, 0.2) is 36.9 Å². The number of rotatable bonds is 8. The molecule has 0 fully saturated rings. The highest BCUT2D eigenvalue weighted by Gasteiger charge is 2.04. The van der Waals surface area contributed by atoms with Gasteiger partial charge in [0.05, 0.1) is 6.54 Å². The number of carbonyl (C=O) groups excluding carboxylic acids is 1. The highest BCUT2D eigenvalue weighted by molar-refractivity contribution is 5.75. The number of amides is 1. The lowest BCUT2D eigenvalue weighted by Crippen LogP contribution is -2.24. The molecule has 2 rings (SSSR count). The maximum Gasteiger partial charge on any atom is 0.341 e. The fraction of sp³-hybridized carbons (Fsp3) is 0.286. The van der Waals surface area contributed by atoms with Crippen molar-refractivity contribution in [3.63, 3.8) is 0 Å². The summed E-state index contributed by atoms with van der Waals surface area (Å²) in [6.45, 7) is 0.418.